The number of rotatable bonds is 7. The highest BCUT2D eigenvalue weighted by Gasteiger charge is 2.36. The fourth-order valence-electron chi connectivity index (χ4n) is 1.67. The van der Waals surface area contributed by atoms with Crippen LogP contribution in [0.2, 0.25) is 0 Å². The van der Waals surface area contributed by atoms with Crippen molar-refractivity contribution in [3.8, 4) is 0 Å². The Kier molecular flexibility index (Phi) is 3.93. The van der Waals surface area contributed by atoms with Crippen molar-refractivity contribution < 1.29 is 4.79 Å². The zero-order chi connectivity index (χ0) is 10.6. The maximum Gasteiger partial charge on any atom is 0.237 e. The summed E-state index contributed by atoms with van der Waals surface area (Å²) in [6.45, 7) is 4.10. The van der Waals surface area contributed by atoms with Gasteiger partial charge in [0, 0.05) is 6.04 Å². The fraction of sp³-hybridized carbons (Fsp3) is 0.909. The molecule has 0 spiro atoms. The van der Waals surface area contributed by atoms with Gasteiger partial charge in [0.25, 0.3) is 0 Å². The van der Waals surface area contributed by atoms with E-state index >= 15 is 0 Å². The summed E-state index contributed by atoms with van der Waals surface area (Å²) in [4.78, 5) is 11.3. The van der Waals surface area contributed by atoms with Crippen molar-refractivity contribution in [1.82, 2.24) is 5.32 Å². The van der Waals surface area contributed by atoms with Gasteiger partial charge in [-0.25, -0.2) is 0 Å². The molecule has 1 fully saturated rings. The van der Waals surface area contributed by atoms with Gasteiger partial charge in [0.05, 0.1) is 5.54 Å². The zero-order valence-corrected chi connectivity index (χ0v) is 9.31. The van der Waals surface area contributed by atoms with Crippen molar-refractivity contribution in [2.24, 2.45) is 5.73 Å². The van der Waals surface area contributed by atoms with Gasteiger partial charge in [0.15, 0.2) is 0 Å². The Labute approximate surface area is 86.4 Å². The van der Waals surface area contributed by atoms with Gasteiger partial charge in [-0.1, -0.05) is 26.2 Å². The maximum atomic E-state index is 11.3. The molecule has 1 amide bonds. The number of primary amides is 1. The van der Waals surface area contributed by atoms with E-state index in [-0.39, 0.29) is 5.91 Å². The molecule has 0 aromatic rings. The second-order valence-corrected chi connectivity index (χ2v) is 4.57. The summed E-state index contributed by atoms with van der Waals surface area (Å²) in [6.07, 6.45) is 6.68. The van der Waals surface area contributed by atoms with Crippen LogP contribution < -0.4 is 11.1 Å². The van der Waals surface area contributed by atoms with Crippen molar-refractivity contribution in [2.45, 2.75) is 64.0 Å². The predicted octanol–water partition coefficient (Wildman–Crippen LogP) is 1.56. The second kappa shape index (κ2) is 4.78. The van der Waals surface area contributed by atoms with Crippen LogP contribution in [0.15, 0.2) is 0 Å². The molecule has 0 aliphatic heterocycles. The van der Waals surface area contributed by atoms with Crippen molar-refractivity contribution in [3.63, 3.8) is 0 Å². The molecule has 1 saturated carbocycles. The van der Waals surface area contributed by atoms with E-state index in [0.29, 0.717) is 6.04 Å². The highest BCUT2D eigenvalue weighted by Crippen LogP contribution is 2.25. The molecule has 3 heteroatoms. The lowest BCUT2D eigenvalue weighted by Gasteiger charge is -2.27. The first-order valence-corrected chi connectivity index (χ1v) is 5.66. The lowest BCUT2D eigenvalue weighted by molar-refractivity contribution is -0.124. The average molecular weight is 198 g/mol. The lowest BCUT2D eigenvalue weighted by atomic mass is 9.93. The molecular formula is C11H22N2O. The van der Waals surface area contributed by atoms with E-state index in [1.54, 1.807) is 0 Å². The third-order valence-electron chi connectivity index (χ3n) is 2.92. The van der Waals surface area contributed by atoms with Crippen molar-refractivity contribution in [3.05, 3.63) is 0 Å². The van der Waals surface area contributed by atoms with Crippen LogP contribution in [0.1, 0.15) is 52.4 Å². The Balaban J connectivity index is 2.38. The first-order chi connectivity index (χ1) is 6.58. The Morgan fingerprint density at radius 1 is 1.50 bits per heavy atom. The number of hydrogen-bond donors (Lipinski definition) is 2. The molecular weight excluding hydrogens is 176 g/mol. The summed E-state index contributed by atoms with van der Waals surface area (Å²) in [5.74, 6) is -0.208. The number of hydrogen-bond acceptors (Lipinski definition) is 2. The second-order valence-electron chi connectivity index (χ2n) is 4.57. The molecule has 0 radical (unpaired) electrons. The van der Waals surface area contributed by atoms with Crippen molar-refractivity contribution >= 4 is 5.91 Å². The van der Waals surface area contributed by atoms with E-state index in [1.165, 1.54) is 25.7 Å². The minimum absolute atomic E-state index is 0.208. The van der Waals surface area contributed by atoms with E-state index in [1.807, 2.05) is 6.92 Å². The van der Waals surface area contributed by atoms with E-state index in [9.17, 15) is 4.79 Å². The minimum Gasteiger partial charge on any atom is -0.368 e. The van der Waals surface area contributed by atoms with Crippen LogP contribution >= 0.6 is 0 Å². The van der Waals surface area contributed by atoms with Crippen molar-refractivity contribution in [2.75, 3.05) is 0 Å². The molecule has 3 N–H and O–H groups in total. The highest BCUT2D eigenvalue weighted by molar-refractivity contribution is 5.84. The molecule has 1 rings (SSSR count). The third kappa shape index (κ3) is 3.29. The minimum atomic E-state index is -0.476. The summed E-state index contributed by atoms with van der Waals surface area (Å²) < 4.78 is 0. The number of unbranched alkanes of at least 4 members (excludes halogenated alkanes) is 2. The number of carbonyl (C=O) groups is 1. The van der Waals surface area contributed by atoms with Crippen LogP contribution in [0.3, 0.4) is 0 Å². The van der Waals surface area contributed by atoms with E-state index in [4.69, 9.17) is 5.73 Å². The predicted molar refractivity (Wildman–Crippen MR) is 57.9 cm³/mol. The topological polar surface area (TPSA) is 55.1 Å². The summed E-state index contributed by atoms with van der Waals surface area (Å²) >= 11 is 0. The summed E-state index contributed by atoms with van der Waals surface area (Å²) in [7, 11) is 0. The maximum absolute atomic E-state index is 11.3. The number of amides is 1. The lowest BCUT2D eigenvalue weighted by Crippen LogP contribution is -2.53. The van der Waals surface area contributed by atoms with Crippen LogP contribution in [0.4, 0.5) is 0 Å². The molecule has 1 aliphatic carbocycles. The monoisotopic (exact) mass is 198 g/mol. The van der Waals surface area contributed by atoms with Crippen LogP contribution in [0, 0.1) is 0 Å². The van der Waals surface area contributed by atoms with Gasteiger partial charge in [-0.3, -0.25) is 4.79 Å². The molecule has 1 unspecified atom stereocenters. The standard InChI is InChI=1S/C11H22N2O/c1-3-4-5-8-11(2,10(12)14)13-9-6-7-9/h9,13H,3-8H2,1-2H3,(H2,12,14). The van der Waals surface area contributed by atoms with Crippen molar-refractivity contribution in [1.29, 1.82) is 0 Å². The zero-order valence-electron chi connectivity index (χ0n) is 9.31. The molecule has 0 saturated heterocycles. The molecule has 1 aliphatic rings. The van der Waals surface area contributed by atoms with Crippen LogP contribution in [0.5, 0.6) is 0 Å². The van der Waals surface area contributed by atoms with E-state index in [2.05, 4.69) is 12.2 Å². The quantitative estimate of drug-likeness (QED) is 0.610. The van der Waals surface area contributed by atoms with Gasteiger partial charge >= 0.3 is 0 Å². The molecule has 0 bridgehead atoms. The molecule has 1 atom stereocenters. The van der Waals surface area contributed by atoms with Gasteiger partial charge in [-0.05, 0) is 26.2 Å². The van der Waals surface area contributed by atoms with Gasteiger partial charge in [-0.15, -0.1) is 0 Å². The Bertz CT molecular complexity index is 201. The number of nitrogens with one attached hydrogen (secondary N) is 1. The summed E-state index contributed by atoms with van der Waals surface area (Å²) in [5, 5.41) is 3.35. The molecule has 0 aromatic carbocycles. The van der Waals surface area contributed by atoms with Crippen LogP contribution in [-0.4, -0.2) is 17.5 Å². The third-order valence-corrected chi connectivity index (χ3v) is 2.92. The van der Waals surface area contributed by atoms with Crippen LogP contribution in [0.25, 0.3) is 0 Å². The van der Waals surface area contributed by atoms with Crippen LogP contribution in [-0.2, 0) is 4.79 Å². The smallest absolute Gasteiger partial charge is 0.237 e. The Hall–Kier alpha value is -0.570. The normalized spacial score (nSPS) is 20.4. The summed E-state index contributed by atoms with van der Waals surface area (Å²) in [5.41, 5.74) is 4.95. The number of carbonyl (C=O) groups excluding carboxylic acids is 1. The van der Waals surface area contributed by atoms with Gasteiger partial charge in [0.1, 0.15) is 0 Å². The van der Waals surface area contributed by atoms with Gasteiger partial charge < -0.3 is 11.1 Å². The Morgan fingerprint density at radius 2 is 2.14 bits per heavy atom. The fourth-order valence-corrected chi connectivity index (χ4v) is 1.67. The molecule has 14 heavy (non-hydrogen) atoms. The molecule has 0 aromatic heterocycles. The first kappa shape index (κ1) is 11.5. The SMILES string of the molecule is CCCCCC(C)(NC1CC1)C(N)=O. The van der Waals surface area contributed by atoms with E-state index in [0.717, 1.165) is 12.8 Å². The summed E-state index contributed by atoms with van der Waals surface area (Å²) in [6, 6.07) is 0.536. The Morgan fingerprint density at radius 3 is 2.57 bits per heavy atom. The average Bonchev–Trinajstić information content (AvgIpc) is 2.88. The highest BCUT2D eigenvalue weighted by atomic mass is 16.1. The first-order valence-electron chi connectivity index (χ1n) is 5.66. The van der Waals surface area contributed by atoms with E-state index < -0.39 is 5.54 Å². The van der Waals surface area contributed by atoms with Gasteiger partial charge in [-0.2, -0.15) is 0 Å². The van der Waals surface area contributed by atoms with Gasteiger partial charge in [0.2, 0.25) is 5.91 Å². The molecule has 3 nitrogen and oxygen atoms in total. The number of nitrogens with two attached hydrogens (primary N) is 1. The molecule has 0 heterocycles. The largest absolute Gasteiger partial charge is 0.368 e. The molecule has 82 valence electrons.